The topological polar surface area (TPSA) is 33.2 Å². The summed E-state index contributed by atoms with van der Waals surface area (Å²) in [6.07, 6.45) is 3.56. The van der Waals surface area contributed by atoms with Gasteiger partial charge in [0.15, 0.2) is 0 Å². The van der Waals surface area contributed by atoms with Crippen molar-refractivity contribution >= 4 is 35.1 Å². The lowest BCUT2D eigenvalue weighted by Gasteiger charge is -2.16. The third-order valence-corrected chi connectivity index (χ3v) is 4.32. The van der Waals surface area contributed by atoms with Crippen molar-refractivity contribution in [1.82, 2.24) is 9.88 Å². The molecule has 0 atom stereocenters. The van der Waals surface area contributed by atoms with Gasteiger partial charge in [-0.1, -0.05) is 6.92 Å². The van der Waals surface area contributed by atoms with Gasteiger partial charge in [0.2, 0.25) is 5.91 Å². The van der Waals surface area contributed by atoms with Crippen molar-refractivity contribution in [2.75, 3.05) is 12.3 Å². The molecule has 92 valence electrons. The lowest BCUT2D eigenvalue weighted by Crippen LogP contribution is -2.26. The Hall–Kier alpha value is -0.810. The van der Waals surface area contributed by atoms with E-state index in [1.165, 1.54) is 0 Å². The predicted octanol–water partition coefficient (Wildman–Crippen LogP) is 3.13. The molecule has 1 fully saturated rings. The molecule has 0 saturated carbocycles. The molecular weight excluding hydrogens is 252 g/mol. The number of aromatic nitrogens is 1. The molecule has 0 bridgehead atoms. The largest absolute Gasteiger partial charge is 0.306 e. The standard InChI is InChI=1S/C12H16N2OS2/c1-3-4-11(15)14-5-6-16-12(14)7-10-8-17-9(2)13-10/h7-8H,3-6H2,1-2H3/b12-7+. The molecule has 2 rings (SSSR count). The van der Waals surface area contributed by atoms with Crippen LogP contribution in [-0.2, 0) is 4.79 Å². The Kier molecular flexibility index (Phi) is 4.23. The maximum atomic E-state index is 11.9. The summed E-state index contributed by atoms with van der Waals surface area (Å²) in [5, 5.41) is 4.14. The zero-order valence-corrected chi connectivity index (χ0v) is 11.7. The maximum absolute atomic E-state index is 11.9. The van der Waals surface area contributed by atoms with Crippen LogP contribution < -0.4 is 0 Å². The van der Waals surface area contributed by atoms with Crippen LogP contribution in [0.4, 0.5) is 0 Å². The van der Waals surface area contributed by atoms with Crippen molar-refractivity contribution in [3.8, 4) is 0 Å². The van der Waals surface area contributed by atoms with E-state index in [2.05, 4.69) is 4.98 Å². The van der Waals surface area contributed by atoms with Crippen LogP contribution in [0, 0.1) is 6.92 Å². The van der Waals surface area contributed by atoms with Crippen LogP contribution >= 0.6 is 23.1 Å². The highest BCUT2D eigenvalue weighted by atomic mass is 32.2. The molecule has 1 aliphatic rings. The second kappa shape index (κ2) is 5.69. The van der Waals surface area contributed by atoms with Gasteiger partial charge in [0.25, 0.3) is 0 Å². The van der Waals surface area contributed by atoms with Crippen LogP contribution in [0.3, 0.4) is 0 Å². The fraction of sp³-hybridized carbons (Fsp3) is 0.500. The van der Waals surface area contributed by atoms with Crippen LogP contribution in [0.2, 0.25) is 0 Å². The van der Waals surface area contributed by atoms with Crippen molar-refractivity contribution in [3.63, 3.8) is 0 Å². The Morgan fingerprint density at radius 3 is 3.12 bits per heavy atom. The number of aryl methyl sites for hydroxylation is 1. The third kappa shape index (κ3) is 3.10. The normalized spacial score (nSPS) is 18.0. The molecule has 17 heavy (non-hydrogen) atoms. The first-order valence-electron chi connectivity index (χ1n) is 5.77. The third-order valence-electron chi connectivity index (χ3n) is 2.50. The summed E-state index contributed by atoms with van der Waals surface area (Å²) in [7, 11) is 0. The van der Waals surface area contributed by atoms with E-state index < -0.39 is 0 Å². The summed E-state index contributed by atoms with van der Waals surface area (Å²) in [6.45, 7) is 4.86. The van der Waals surface area contributed by atoms with E-state index in [1.807, 2.05) is 30.2 Å². The second-order valence-corrected chi connectivity index (χ2v) is 6.10. The Morgan fingerprint density at radius 1 is 1.65 bits per heavy atom. The fourth-order valence-electron chi connectivity index (χ4n) is 1.72. The summed E-state index contributed by atoms with van der Waals surface area (Å²) >= 11 is 3.38. The number of thioether (sulfide) groups is 1. The molecule has 1 saturated heterocycles. The van der Waals surface area contributed by atoms with Crippen LogP contribution in [0.25, 0.3) is 6.08 Å². The van der Waals surface area contributed by atoms with Crippen LogP contribution in [0.1, 0.15) is 30.5 Å². The highest BCUT2D eigenvalue weighted by Crippen LogP contribution is 2.30. The van der Waals surface area contributed by atoms with E-state index in [0.29, 0.717) is 6.42 Å². The van der Waals surface area contributed by atoms with E-state index in [0.717, 1.165) is 34.4 Å². The minimum Gasteiger partial charge on any atom is -0.306 e. The van der Waals surface area contributed by atoms with Gasteiger partial charge in [-0.3, -0.25) is 4.79 Å². The number of hydrogen-bond donors (Lipinski definition) is 0. The number of nitrogens with zero attached hydrogens (tertiary/aromatic N) is 2. The summed E-state index contributed by atoms with van der Waals surface area (Å²) < 4.78 is 0. The van der Waals surface area contributed by atoms with Crippen molar-refractivity contribution in [1.29, 1.82) is 0 Å². The Labute approximate surface area is 110 Å². The second-order valence-electron chi connectivity index (χ2n) is 3.92. The van der Waals surface area contributed by atoms with Gasteiger partial charge in [0.1, 0.15) is 0 Å². The fourth-order valence-corrected chi connectivity index (χ4v) is 3.32. The van der Waals surface area contributed by atoms with Gasteiger partial charge in [-0.25, -0.2) is 4.98 Å². The van der Waals surface area contributed by atoms with Crippen LogP contribution in [0.5, 0.6) is 0 Å². The quantitative estimate of drug-likeness (QED) is 0.844. The van der Waals surface area contributed by atoms with Gasteiger partial charge in [0.05, 0.1) is 15.7 Å². The summed E-state index contributed by atoms with van der Waals surface area (Å²) in [5.41, 5.74) is 0.964. The van der Waals surface area contributed by atoms with Gasteiger partial charge in [-0.2, -0.15) is 0 Å². The van der Waals surface area contributed by atoms with E-state index in [4.69, 9.17) is 0 Å². The Bertz CT molecular complexity index is 439. The molecule has 3 nitrogen and oxygen atoms in total. The first-order chi connectivity index (χ1) is 8.20. The molecule has 1 aliphatic heterocycles. The number of carbonyl (C=O) groups is 1. The molecular formula is C12H16N2OS2. The average molecular weight is 268 g/mol. The SMILES string of the molecule is CCCC(=O)N1CCS/C1=C/c1csc(C)n1. The van der Waals surface area contributed by atoms with E-state index in [9.17, 15) is 4.79 Å². The van der Waals surface area contributed by atoms with Gasteiger partial charge in [-0.05, 0) is 19.4 Å². The zero-order chi connectivity index (χ0) is 12.3. The molecule has 0 aliphatic carbocycles. The highest BCUT2D eigenvalue weighted by Gasteiger charge is 2.23. The van der Waals surface area contributed by atoms with E-state index >= 15 is 0 Å². The molecule has 0 aromatic carbocycles. The van der Waals surface area contributed by atoms with Crippen molar-refractivity contribution in [2.24, 2.45) is 0 Å². The molecule has 1 amide bonds. The maximum Gasteiger partial charge on any atom is 0.227 e. The van der Waals surface area contributed by atoms with Crippen molar-refractivity contribution in [2.45, 2.75) is 26.7 Å². The molecule has 5 heteroatoms. The lowest BCUT2D eigenvalue weighted by molar-refractivity contribution is -0.128. The molecule has 1 aromatic heterocycles. The van der Waals surface area contributed by atoms with E-state index in [1.54, 1.807) is 23.1 Å². The first-order valence-corrected chi connectivity index (χ1v) is 7.64. The minimum absolute atomic E-state index is 0.232. The average Bonchev–Trinajstić information content (AvgIpc) is 2.89. The minimum atomic E-state index is 0.232. The van der Waals surface area contributed by atoms with Gasteiger partial charge >= 0.3 is 0 Å². The molecule has 0 unspecified atom stereocenters. The summed E-state index contributed by atoms with van der Waals surface area (Å²) in [5.74, 6) is 1.22. The monoisotopic (exact) mass is 268 g/mol. The van der Waals surface area contributed by atoms with Gasteiger partial charge < -0.3 is 4.90 Å². The summed E-state index contributed by atoms with van der Waals surface area (Å²) in [6, 6.07) is 0. The first kappa shape index (κ1) is 12.6. The van der Waals surface area contributed by atoms with Crippen LogP contribution in [-0.4, -0.2) is 28.1 Å². The molecule has 2 heterocycles. The van der Waals surface area contributed by atoms with Gasteiger partial charge in [0, 0.05) is 24.1 Å². The smallest absolute Gasteiger partial charge is 0.227 e. The number of thiazole rings is 1. The molecule has 0 N–H and O–H groups in total. The summed E-state index contributed by atoms with van der Waals surface area (Å²) in [4.78, 5) is 18.2. The van der Waals surface area contributed by atoms with Crippen molar-refractivity contribution in [3.05, 3.63) is 21.1 Å². The zero-order valence-electron chi connectivity index (χ0n) is 10.1. The van der Waals surface area contributed by atoms with Crippen LogP contribution in [0.15, 0.2) is 10.4 Å². The van der Waals surface area contributed by atoms with Crippen molar-refractivity contribution < 1.29 is 4.79 Å². The Morgan fingerprint density at radius 2 is 2.47 bits per heavy atom. The number of amides is 1. The molecule has 0 radical (unpaired) electrons. The number of hydrogen-bond acceptors (Lipinski definition) is 4. The number of rotatable bonds is 3. The Balaban J connectivity index is 2.14. The highest BCUT2D eigenvalue weighted by molar-refractivity contribution is 8.03. The molecule has 0 spiro atoms. The molecule has 1 aromatic rings. The lowest BCUT2D eigenvalue weighted by atomic mass is 10.3. The number of carbonyl (C=O) groups excluding carboxylic acids is 1. The predicted molar refractivity (Wildman–Crippen MR) is 73.9 cm³/mol. The van der Waals surface area contributed by atoms with Gasteiger partial charge in [-0.15, -0.1) is 23.1 Å². The van der Waals surface area contributed by atoms with E-state index in [-0.39, 0.29) is 5.91 Å².